The predicted molar refractivity (Wildman–Crippen MR) is 120 cm³/mol. The number of pyridine rings is 1. The molecule has 150 valence electrons. The van der Waals surface area contributed by atoms with E-state index in [-0.39, 0.29) is 11.9 Å². The largest absolute Gasteiger partial charge is 0.368 e. The molecule has 0 radical (unpaired) electrons. The highest BCUT2D eigenvalue weighted by molar-refractivity contribution is 7.17. The summed E-state index contributed by atoms with van der Waals surface area (Å²) in [5, 5.41) is 3.10. The zero-order valence-electron chi connectivity index (χ0n) is 16.4. The van der Waals surface area contributed by atoms with Crippen molar-refractivity contribution in [3.8, 4) is 22.5 Å². The van der Waals surface area contributed by atoms with Crippen LogP contribution in [0, 0.1) is 0 Å². The van der Waals surface area contributed by atoms with Crippen molar-refractivity contribution in [2.75, 3.05) is 11.4 Å². The molecule has 1 aliphatic rings. The molecule has 1 atom stereocenters. The van der Waals surface area contributed by atoms with Gasteiger partial charge in [0.15, 0.2) is 5.82 Å². The lowest BCUT2D eigenvalue weighted by molar-refractivity contribution is -0.119. The zero-order valence-corrected chi connectivity index (χ0v) is 17.2. The van der Waals surface area contributed by atoms with Crippen molar-refractivity contribution in [2.24, 2.45) is 5.73 Å². The van der Waals surface area contributed by atoms with E-state index in [4.69, 9.17) is 15.7 Å². The van der Waals surface area contributed by atoms with E-state index in [0.717, 1.165) is 58.5 Å². The van der Waals surface area contributed by atoms with Crippen molar-refractivity contribution < 1.29 is 4.79 Å². The molecule has 3 aromatic heterocycles. The Bertz CT molecular complexity index is 1190. The molecular weight excluding hydrogens is 394 g/mol. The van der Waals surface area contributed by atoms with Gasteiger partial charge in [0.2, 0.25) is 5.91 Å². The van der Waals surface area contributed by atoms with Crippen LogP contribution in [0.1, 0.15) is 19.3 Å². The van der Waals surface area contributed by atoms with Gasteiger partial charge in [0.05, 0.1) is 5.39 Å². The normalized spacial score (nSPS) is 16.7. The number of hydrogen-bond acceptors (Lipinski definition) is 6. The van der Waals surface area contributed by atoms with Crippen LogP contribution in [0.3, 0.4) is 0 Å². The first-order valence-corrected chi connectivity index (χ1v) is 10.9. The van der Waals surface area contributed by atoms with E-state index in [1.165, 1.54) is 0 Å². The average molecular weight is 416 g/mol. The average Bonchev–Trinajstić information content (AvgIpc) is 3.24. The lowest BCUT2D eigenvalue weighted by Gasteiger charge is -2.35. The molecule has 1 aliphatic heterocycles. The summed E-state index contributed by atoms with van der Waals surface area (Å²) in [4.78, 5) is 29.2. The molecule has 1 amide bonds. The van der Waals surface area contributed by atoms with Gasteiger partial charge in [-0.25, -0.2) is 9.97 Å². The molecule has 1 saturated heterocycles. The molecule has 5 rings (SSSR count). The second-order valence-electron chi connectivity index (χ2n) is 7.42. The van der Waals surface area contributed by atoms with Crippen LogP contribution in [-0.2, 0) is 4.79 Å². The Balaban J connectivity index is 1.76. The number of primary amides is 1. The summed E-state index contributed by atoms with van der Waals surface area (Å²) in [5.41, 5.74) is 8.82. The number of carbonyl (C=O) groups is 1. The minimum Gasteiger partial charge on any atom is -0.368 e. The summed E-state index contributed by atoms with van der Waals surface area (Å²) >= 11 is 1.59. The van der Waals surface area contributed by atoms with Crippen molar-refractivity contribution in [2.45, 2.75) is 25.3 Å². The van der Waals surface area contributed by atoms with Crippen LogP contribution in [0.25, 0.3) is 32.7 Å². The van der Waals surface area contributed by atoms with Crippen molar-refractivity contribution in [3.05, 3.63) is 60.2 Å². The van der Waals surface area contributed by atoms with Gasteiger partial charge < -0.3 is 10.6 Å². The molecule has 6 nitrogen and oxygen atoms in total. The van der Waals surface area contributed by atoms with Crippen molar-refractivity contribution in [3.63, 3.8) is 0 Å². The fourth-order valence-corrected chi connectivity index (χ4v) is 5.01. The quantitative estimate of drug-likeness (QED) is 0.538. The zero-order chi connectivity index (χ0) is 20.5. The van der Waals surface area contributed by atoms with Crippen LogP contribution in [0.4, 0.5) is 5.82 Å². The molecule has 0 unspecified atom stereocenters. The fraction of sp³-hybridized carbons (Fsp3) is 0.217. The Morgan fingerprint density at radius 3 is 2.67 bits per heavy atom. The number of amides is 1. The van der Waals surface area contributed by atoms with Crippen molar-refractivity contribution >= 4 is 33.3 Å². The van der Waals surface area contributed by atoms with Crippen LogP contribution < -0.4 is 10.6 Å². The standard InChI is InChI=1S/C23H21N5OS/c24-20(29)18-10-4-5-12-28(18)22-19-17(15-7-2-1-3-8-15)14-30-23(19)27-21(26-22)16-9-6-11-25-13-16/h1-3,6-9,11,13-14,18H,4-5,10,12H2,(H2,24,29)/t18-/m0/s1. The lowest BCUT2D eigenvalue weighted by Crippen LogP contribution is -2.48. The van der Waals surface area contributed by atoms with Gasteiger partial charge >= 0.3 is 0 Å². The monoisotopic (exact) mass is 415 g/mol. The number of anilines is 1. The highest BCUT2D eigenvalue weighted by Gasteiger charge is 2.31. The Morgan fingerprint density at radius 1 is 1.07 bits per heavy atom. The van der Waals surface area contributed by atoms with Crippen molar-refractivity contribution in [1.82, 2.24) is 15.0 Å². The number of thiophene rings is 1. The number of piperidine rings is 1. The molecule has 2 N–H and O–H groups in total. The summed E-state index contributed by atoms with van der Waals surface area (Å²) in [6, 6.07) is 13.7. The number of nitrogens with zero attached hydrogens (tertiary/aromatic N) is 4. The Kier molecular flexibility index (Phi) is 4.88. The van der Waals surface area contributed by atoms with E-state index in [2.05, 4.69) is 27.4 Å². The van der Waals surface area contributed by atoms with Crippen LogP contribution >= 0.6 is 11.3 Å². The smallest absolute Gasteiger partial charge is 0.240 e. The maximum Gasteiger partial charge on any atom is 0.240 e. The van der Waals surface area contributed by atoms with Gasteiger partial charge in [-0.3, -0.25) is 9.78 Å². The van der Waals surface area contributed by atoms with E-state index >= 15 is 0 Å². The van der Waals surface area contributed by atoms with Gasteiger partial charge in [0.1, 0.15) is 16.7 Å². The molecule has 1 aromatic carbocycles. The van der Waals surface area contributed by atoms with E-state index < -0.39 is 0 Å². The maximum absolute atomic E-state index is 12.3. The van der Waals surface area contributed by atoms with Crippen LogP contribution in [0.5, 0.6) is 0 Å². The summed E-state index contributed by atoms with van der Waals surface area (Å²) in [6.07, 6.45) is 6.23. The number of fused-ring (bicyclic) bond motifs is 1. The first kappa shape index (κ1) is 18.7. The lowest BCUT2D eigenvalue weighted by atomic mass is 10.00. The number of hydrogen-bond donors (Lipinski definition) is 1. The summed E-state index contributed by atoms with van der Waals surface area (Å²) < 4.78 is 0. The molecule has 0 saturated carbocycles. The maximum atomic E-state index is 12.3. The molecule has 30 heavy (non-hydrogen) atoms. The molecule has 4 aromatic rings. The predicted octanol–water partition coefficient (Wildman–Crippen LogP) is 4.26. The van der Waals surface area contributed by atoms with E-state index in [1.54, 1.807) is 23.7 Å². The topological polar surface area (TPSA) is 85.0 Å². The van der Waals surface area contributed by atoms with Gasteiger partial charge in [-0.1, -0.05) is 30.3 Å². The molecule has 0 aliphatic carbocycles. The van der Waals surface area contributed by atoms with Gasteiger partial charge in [-0.2, -0.15) is 0 Å². The summed E-state index contributed by atoms with van der Waals surface area (Å²) in [5.74, 6) is 1.09. The molecule has 1 fully saturated rings. The van der Waals surface area contributed by atoms with Crippen molar-refractivity contribution in [1.29, 1.82) is 0 Å². The number of nitrogens with two attached hydrogens (primary N) is 1. The second-order valence-corrected chi connectivity index (χ2v) is 8.27. The summed E-state index contributed by atoms with van der Waals surface area (Å²) in [7, 11) is 0. The highest BCUT2D eigenvalue weighted by Crippen LogP contribution is 2.41. The van der Waals surface area contributed by atoms with E-state index in [9.17, 15) is 4.79 Å². The highest BCUT2D eigenvalue weighted by atomic mass is 32.1. The third-order valence-corrected chi connectivity index (χ3v) is 6.39. The number of aromatic nitrogens is 3. The minimum absolute atomic E-state index is 0.305. The third-order valence-electron chi connectivity index (χ3n) is 5.52. The second kappa shape index (κ2) is 7.84. The first-order valence-electron chi connectivity index (χ1n) is 10.0. The van der Waals surface area contributed by atoms with Gasteiger partial charge in [-0.05, 0) is 37.0 Å². The van der Waals surface area contributed by atoms with Crippen LogP contribution in [-0.4, -0.2) is 33.4 Å². The van der Waals surface area contributed by atoms with Gasteiger partial charge in [-0.15, -0.1) is 11.3 Å². The third kappa shape index (κ3) is 3.31. The van der Waals surface area contributed by atoms with Crippen LogP contribution in [0.2, 0.25) is 0 Å². The van der Waals surface area contributed by atoms with E-state index in [0.29, 0.717) is 5.82 Å². The number of rotatable bonds is 4. The molecule has 0 spiro atoms. The Labute approximate surface area is 178 Å². The fourth-order valence-electron chi connectivity index (χ4n) is 4.07. The Hall–Kier alpha value is -3.32. The van der Waals surface area contributed by atoms with Gasteiger partial charge in [0, 0.05) is 35.4 Å². The van der Waals surface area contributed by atoms with Gasteiger partial charge in [0.25, 0.3) is 0 Å². The summed E-state index contributed by atoms with van der Waals surface area (Å²) in [6.45, 7) is 0.746. The first-order chi connectivity index (χ1) is 14.7. The molecule has 4 heterocycles. The molecule has 7 heteroatoms. The number of benzene rings is 1. The minimum atomic E-state index is -0.359. The Morgan fingerprint density at radius 2 is 1.90 bits per heavy atom. The number of carbonyl (C=O) groups excluding carboxylic acids is 1. The SMILES string of the molecule is NC(=O)[C@@H]1CCCCN1c1nc(-c2cccnc2)nc2scc(-c3ccccc3)c12. The molecular formula is C23H21N5OS. The molecule has 0 bridgehead atoms. The van der Waals surface area contributed by atoms with E-state index in [1.807, 2.05) is 30.3 Å². The van der Waals surface area contributed by atoms with Crippen LogP contribution in [0.15, 0.2) is 60.2 Å².